The Bertz CT molecular complexity index is 1100. The van der Waals surface area contributed by atoms with E-state index < -0.39 is 12.2 Å². The third kappa shape index (κ3) is 3.18. The number of benzene rings is 1. The zero-order valence-corrected chi connectivity index (χ0v) is 16.3. The van der Waals surface area contributed by atoms with Gasteiger partial charge in [-0.15, -0.1) is 0 Å². The summed E-state index contributed by atoms with van der Waals surface area (Å²) in [6, 6.07) is 9.31. The Hall–Kier alpha value is -3.75. The quantitative estimate of drug-likeness (QED) is 0.687. The third-order valence-electron chi connectivity index (χ3n) is 5.23. The number of fused-ring (bicyclic) bond motifs is 3. The summed E-state index contributed by atoms with van der Waals surface area (Å²) < 4.78 is 16.9. The van der Waals surface area contributed by atoms with Crippen LogP contribution in [0.15, 0.2) is 41.0 Å². The fraction of sp³-hybridized carbons (Fsp3) is 0.286. The number of hydrogen-bond acceptors (Lipinski definition) is 6. The van der Waals surface area contributed by atoms with Gasteiger partial charge in [-0.25, -0.2) is 4.79 Å². The van der Waals surface area contributed by atoms with Crippen LogP contribution in [0.25, 0.3) is 22.7 Å². The number of aromatic amines is 1. The van der Waals surface area contributed by atoms with Crippen molar-refractivity contribution < 1.29 is 23.5 Å². The lowest BCUT2D eigenvalue weighted by Crippen LogP contribution is -2.33. The van der Waals surface area contributed by atoms with Crippen molar-refractivity contribution in [2.75, 3.05) is 24.6 Å². The van der Waals surface area contributed by atoms with Gasteiger partial charge in [-0.3, -0.25) is 14.8 Å². The molecular weight excluding hydrogens is 388 g/mol. The predicted octanol–water partition coefficient (Wildman–Crippen LogP) is 2.73. The zero-order valence-electron chi connectivity index (χ0n) is 16.3. The Morgan fingerprint density at radius 2 is 2.27 bits per heavy atom. The molecule has 154 valence electrons. The molecule has 2 amide bonds. The highest BCUT2D eigenvalue weighted by Gasteiger charge is 2.33. The Labute approximate surface area is 172 Å². The van der Waals surface area contributed by atoms with E-state index in [1.807, 2.05) is 30.3 Å². The van der Waals surface area contributed by atoms with E-state index in [1.54, 1.807) is 11.2 Å². The van der Waals surface area contributed by atoms with Crippen molar-refractivity contribution in [3.8, 4) is 28.5 Å². The number of cyclic esters (lactones) is 1. The minimum Gasteiger partial charge on any atom is -0.492 e. The van der Waals surface area contributed by atoms with Crippen molar-refractivity contribution in [2.24, 2.45) is 0 Å². The monoisotopic (exact) mass is 408 g/mol. The van der Waals surface area contributed by atoms with Crippen molar-refractivity contribution in [2.45, 2.75) is 19.4 Å². The molecule has 9 heteroatoms. The summed E-state index contributed by atoms with van der Waals surface area (Å²) in [6.45, 7) is 2.55. The molecule has 1 saturated heterocycles. The van der Waals surface area contributed by atoms with Crippen LogP contribution in [-0.4, -0.2) is 48.0 Å². The maximum atomic E-state index is 12.3. The Kier molecular flexibility index (Phi) is 4.42. The number of rotatable bonds is 4. The third-order valence-corrected chi connectivity index (χ3v) is 5.23. The highest BCUT2D eigenvalue weighted by atomic mass is 16.6. The van der Waals surface area contributed by atoms with E-state index in [-0.39, 0.29) is 12.5 Å². The number of H-pyrrole nitrogens is 1. The summed E-state index contributed by atoms with van der Waals surface area (Å²) in [5, 5.41) is 10.2. The van der Waals surface area contributed by atoms with Crippen LogP contribution in [0.2, 0.25) is 0 Å². The van der Waals surface area contributed by atoms with Crippen molar-refractivity contribution in [3.63, 3.8) is 0 Å². The Morgan fingerprint density at radius 3 is 3.07 bits per heavy atom. The van der Waals surface area contributed by atoms with Gasteiger partial charge in [0.25, 0.3) is 0 Å². The molecule has 0 bridgehead atoms. The van der Waals surface area contributed by atoms with Crippen LogP contribution in [0.4, 0.5) is 10.5 Å². The van der Waals surface area contributed by atoms with E-state index in [4.69, 9.17) is 13.9 Å². The fourth-order valence-electron chi connectivity index (χ4n) is 3.81. The standard InChI is InChI=1S/C21H20N4O5/c1-12(26)22-10-14-11-25(21(27)30-14)13-4-5-15-18(9-13)29-8-6-16-19(15)23-24-20(16)17-3-2-7-28-17/h2-5,7,9,14H,6,8,10-11H2,1H3,(H,22,26)(H,23,24). The van der Waals surface area contributed by atoms with Crippen molar-refractivity contribution >= 4 is 17.7 Å². The molecule has 30 heavy (non-hydrogen) atoms. The second-order valence-corrected chi connectivity index (χ2v) is 7.24. The van der Waals surface area contributed by atoms with Crippen LogP contribution in [0.5, 0.6) is 5.75 Å². The van der Waals surface area contributed by atoms with E-state index in [1.165, 1.54) is 6.92 Å². The minimum absolute atomic E-state index is 0.160. The number of furan rings is 1. The van der Waals surface area contributed by atoms with Gasteiger partial charge in [0.15, 0.2) is 5.76 Å². The van der Waals surface area contributed by atoms with Crippen LogP contribution < -0.4 is 15.0 Å². The lowest BCUT2D eigenvalue weighted by molar-refractivity contribution is -0.119. The second kappa shape index (κ2) is 7.25. The molecule has 0 saturated carbocycles. The number of carbonyl (C=O) groups is 2. The first-order chi connectivity index (χ1) is 14.6. The molecule has 0 radical (unpaired) electrons. The molecule has 1 atom stereocenters. The molecule has 0 aliphatic carbocycles. The molecule has 1 aromatic carbocycles. The van der Waals surface area contributed by atoms with Crippen LogP contribution in [0.1, 0.15) is 12.5 Å². The van der Waals surface area contributed by atoms with Gasteiger partial charge >= 0.3 is 6.09 Å². The Morgan fingerprint density at radius 1 is 1.37 bits per heavy atom. The minimum atomic E-state index is -0.443. The number of nitrogens with zero attached hydrogens (tertiary/aromatic N) is 2. The summed E-state index contributed by atoms with van der Waals surface area (Å²) in [5.74, 6) is 1.21. The average molecular weight is 408 g/mol. The number of carbonyl (C=O) groups excluding carboxylic acids is 2. The number of hydrogen-bond donors (Lipinski definition) is 2. The zero-order chi connectivity index (χ0) is 20.7. The molecule has 2 N–H and O–H groups in total. The lowest BCUT2D eigenvalue weighted by atomic mass is 10.0. The first-order valence-corrected chi connectivity index (χ1v) is 9.71. The normalized spacial score (nSPS) is 17.6. The molecule has 1 unspecified atom stereocenters. The number of anilines is 1. The van der Waals surface area contributed by atoms with Gasteiger partial charge < -0.3 is 19.2 Å². The van der Waals surface area contributed by atoms with Gasteiger partial charge in [-0.1, -0.05) is 0 Å². The van der Waals surface area contributed by atoms with E-state index in [2.05, 4.69) is 15.5 Å². The van der Waals surface area contributed by atoms with Gasteiger partial charge in [0.2, 0.25) is 5.91 Å². The molecule has 2 aliphatic rings. The summed E-state index contributed by atoms with van der Waals surface area (Å²) in [7, 11) is 0. The van der Waals surface area contributed by atoms with Gasteiger partial charge in [-0.2, -0.15) is 5.10 Å². The van der Waals surface area contributed by atoms with E-state index in [0.717, 1.165) is 22.5 Å². The molecule has 2 aromatic heterocycles. The average Bonchev–Trinajstić information content (AvgIpc) is 3.44. The predicted molar refractivity (Wildman–Crippen MR) is 107 cm³/mol. The smallest absolute Gasteiger partial charge is 0.414 e. The molecule has 1 fully saturated rings. The second-order valence-electron chi connectivity index (χ2n) is 7.24. The van der Waals surface area contributed by atoms with E-state index in [9.17, 15) is 9.59 Å². The van der Waals surface area contributed by atoms with Crippen LogP contribution in [0.3, 0.4) is 0 Å². The molecule has 4 heterocycles. The molecular formula is C21H20N4O5. The highest BCUT2D eigenvalue weighted by Crippen LogP contribution is 2.40. The first kappa shape index (κ1) is 18.3. The topological polar surface area (TPSA) is 110 Å². The Balaban J connectivity index is 1.43. The lowest BCUT2D eigenvalue weighted by Gasteiger charge is -2.16. The van der Waals surface area contributed by atoms with E-state index >= 15 is 0 Å². The summed E-state index contributed by atoms with van der Waals surface area (Å²) in [5.41, 5.74) is 4.25. The van der Waals surface area contributed by atoms with Gasteiger partial charge in [0.05, 0.1) is 37.3 Å². The van der Waals surface area contributed by atoms with Crippen molar-refractivity contribution in [1.82, 2.24) is 15.5 Å². The van der Waals surface area contributed by atoms with E-state index in [0.29, 0.717) is 36.8 Å². The van der Waals surface area contributed by atoms with Crippen molar-refractivity contribution in [1.29, 1.82) is 0 Å². The maximum Gasteiger partial charge on any atom is 0.414 e. The van der Waals surface area contributed by atoms with Crippen LogP contribution in [0, 0.1) is 0 Å². The number of nitrogens with one attached hydrogen (secondary N) is 2. The number of amides is 2. The molecule has 3 aromatic rings. The SMILES string of the molecule is CC(=O)NCC1CN(c2ccc3c(c2)OCCc2c(-c4ccco4)n[nH]c2-3)C(=O)O1. The van der Waals surface area contributed by atoms with Crippen LogP contribution in [-0.2, 0) is 16.0 Å². The molecule has 5 rings (SSSR count). The fourth-order valence-corrected chi connectivity index (χ4v) is 3.81. The molecule has 2 aliphatic heterocycles. The highest BCUT2D eigenvalue weighted by molar-refractivity contribution is 5.91. The molecule has 0 spiro atoms. The van der Waals surface area contributed by atoms with Gasteiger partial charge in [-0.05, 0) is 24.3 Å². The summed E-state index contributed by atoms with van der Waals surface area (Å²) in [6.07, 6.45) is 1.46. The van der Waals surface area contributed by atoms with Crippen LogP contribution >= 0.6 is 0 Å². The molecule has 9 nitrogen and oxygen atoms in total. The van der Waals surface area contributed by atoms with Gasteiger partial charge in [0.1, 0.15) is 17.5 Å². The first-order valence-electron chi connectivity index (χ1n) is 9.71. The van der Waals surface area contributed by atoms with Crippen molar-refractivity contribution in [3.05, 3.63) is 42.2 Å². The number of aromatic nitrogens is 2. The summed E-state index contributed by atoms with van der Waals surface area (Å²) >= 11 is 0. The summed E-state index contributed by atoms with van der Waals surface area (Å²) in [4.78, 5) is 25.0. The number of ether oxygens (including phenoxy) is 2. The largest absolute Gasteiger partial charge is 0.492 e. The maximum absolute atomic E-state index is 12.3. The van der Waals surface area contributed by atoms with Gasteiger partial charge in [0, 0.05) is 30.5 Å².